The quantitative estimate of drug-likeness (QED) is 0.885. The van der Waals surface area contributed by atoms with Gasteiger partial charge in [0.2, 0.25) is 0 Å². The van der Waals surface area contributed by atoms with Gasteiger partial charge in [0.15, 0.2) is 0 Å². The van der Waals surface area contributed by atoms with Crippen LogP contribution in [-0.2, 0) is 0 Å². The standard InChI is InChI=1S/C17H19NO3/c1-3-21-16-10-6-14(7-11-16)17(20)18-15-8-4-13(5-9-15)12(2)19/h4-12,19H,3H2,1-2H3,(H,18,20)/t12-/m1/s1. The number of aliphatic hydroxyl groups is 1. The van der Waals surface area contributed by atoms with Gasteiger partial charge in [0.05, 0.1) is 12.7 Å². The molecule has 4 nitrogen and oxygen atoms in total. The van der Waals surface area contributed by atoms with E-state index in [1.54, 1.807) is 55.5 Å². The lowest BCUT2D eigenvalue weighted by molar-refractivity contribution is 0.102. The van der Waals surface area contributed by atoms with Crippen molar-refractivity contribution < 1.29 is 14.6 Å². The number of nitrogens with one attached hydrogen (secondary N) is 1. The van der Waals surface area contributed by atoms with Crippen LogP contribution in [0.4, 0.5) is 5.69 Å². The summed E-state index contributed by atoms with van der Waals surface area (Å²) < 4.78 is 5.34. The molecular weight excluding hydrogens is 266 g/mol. The molecule has 4 heteroatoms. The van der Waals surface area contributed by atoms with Crippen LogP contribution in [-0.4, -0.2) is 17.6 Å². The number of carbonyl (C=O) groups is 1. The molecule has 0 bridgehead atoms. The van der Waals surface area contributed by atoms with Crippen molar-refractivity contribution in [2.45, 2.75) is 20.0 Å². The van der Waals surface area contributed by atoms with Gasteiger partial charge in [-0.15, -0.1) is 0 Å². The van der Waals surface area contributed by atoms with E-state index in [0.29, 0.717) is 17.9 Å². The zero-order valence-electron chi connectivity index (χ0n) is 12.2. The number of hydrogen-bond donors (Lipinski definition) is 2. The maximum absolute atomic E-state index is 12.1. The van der Waals surface area contributed by atoms with E-state index < -0.39 is 6.10 Å². The van der Waals surface area contributed by atoms with E-state index in [2.05, 4.69) is 5.32 Å². The second-order valence-corrected chi connectivity index (χ2v) is 4.71. The number of hydrogen-bond acceptors (Lipinski definition) is 3. The maximum Gasteiger partial charge on any atom is 0.255 e. The third kappa shape index (κ3) is 4.07. The van der Waals surface area contributed by atoms with Crippen LogP contribution in [0.2, 0.25) is 0 Å². The summed E-state index contributed by atoms with van der Waals surface area (Å²) in [6.45, 7) is 4.21. The fraction of sp³-hybridized carbons (Fsp3) is 0.235. The molecule has 110 valence electrons. The van der Waals surface area contributed by atoms with Crippen LogP contribution < -0.4 is 10.1 Å². The van der Waals surface area contributed by atoms with E-state index in [9.17, 15) is 9.90 Å². The molecule has 1 atom stereocenters. The minimum atomic E-state index is -0.513. The van der Waals surface area contributed by atoms with Gasteiger partial charge in [-0.2, -0.15) is 0 Å². The molecule has 0 saturated heterocycles. The van der Waals surface area contributed by atoms with Gasteiger partial charge in [0.25, 0.3) is 5.91 Å². The second kappa shape index (κ2) is 6.90. The predicted molar refractivity (Wildman–Crippen MR) is 82.6 cm³/mol. The summed E-state index contributed by atoms with van der Waals surface area (Å²) in [5.41, 5.74) is 2.07. The highest BCUT2D eigenvalue weighted by molar-refractivity contribution is 6.04. The van der Waals surface area contributed by atoms with Crippen molar-refractivity contribution in [3.8, 4) is 5.75 Å². The lowest BCUT2D eigenvalue weighted by atomic mass is 10.1. The van der Waals surface area contributed by atoms with Gasteiger partial charge in [-0.05, 0) is 55.8 Å². The first kappa shape index (κ1) is 15.1. The molecule has 1 amide bonds. The van der Waals surface area contributed by atoms with Gasteiger partial charge in [-0.3, -0.25) is 4.79 Å². The minimum absolute atomic E-state index is 0.178. The highest BCUT2D eigenvalue weighted by Crippen LogP contribution is 2.17. The van der Waals surface area contributed by atoms with Crippen molar-refractivity contribution >= 4 is 11.6 Å². The number of aliphatic hydroxyl groups excluding tert-OH is 1. The van der Waals surface area contributed by atoms with E-state index in [1.165, 1.54) is 0 Å². The molecule has 0 aromatic heterocycles. The summed E-state index contributed by atoms with van der Waals surface area (Å²) in [5, 5.41) is 12.3. The third-order valence-corrected chi connectivity index (χ3v) is 3.08. The third-order valence-electron chi connectivity index (χ3n) is 3.08. The number of ether oxygens (including phenoxy) is 1. The summed E-state index contributed by atoms with van der Waals surface area (Å²) in [4.78, 5) is 12.1. The first-order valence-electron chi connectivity index (χ1n) is 6.92. The van der Waals surface area contributed by atoms with E-state index in [1.807, 2.05) is 6.92 Å². The molecule has 0 radical (unpaired) electrons. The molecule has 21 heavy (non-hydrogen) atoms. The second-order valence-electron chi connectivity index (χ2n) is 4.71. The fourth-order valence-corrected chi connectivity index (χ4v) is 1.92. The molecule has 0 aliphatic carbocycles. The Morgan fingerprint density at radius 2 is 1.76 bits per heavy atom. The summed E-state index contributed by atoms with van der Waals surface area (Å²) in [7, 11) is 0. The Morgan fingerprint density at radius 3 is 2.29 bits per heavy atom. The van der Waals surface area contributed by atoms with Crippen LogP contribution >= 0.6 is 0 Å². The molecule has 2 N–H and O–H groups in total. The van der Waals surface area contributed by atoms with Gasteiger partial charge in [-0.25, -0.2) is 0 Å². The number of amides is 1. The lowest BCUT2D eigenvalue weighted by Gasteiger charge is -2.08. The van der Waals surface area contributed by atoms with Crippen LogP contribution in [0.15, 0.2) is 48.5 Å². The normalized spacial score (nSPS) is 11.8. The Morgan fingerprint density at radius 1 is 1.14 bits per heavy atom. The molecular formula is C17H19NO3. The van der Waals surface area contributed by atoms with E-state index in [-0.39, 0.29) is 5.91 Å². The first-order chi connectivity index (χ1) is 10.1. The number of anilines is 1. The van der Waals surface area contributed by atoms with Crippen molar-refractivity contribution in [3.63, 3.8) is 0 Å². The van der Waals surface area contributed by atoms with Crippen molar-refractivity contribution in [2.24, 2.45) is 0 Å². The van der Waals surface area contributed by atoms with E-state index in [0.717, 1.165) is 11.3 Å². The van der Waals surface area contributed by atoms with Crippen LogP contribution in [0.1, 0.15) is 35.9 Å². The first-order valence-corrected chi connectivity index (χ1v) is 6.92. The van der Waals surface area contributed by atoms with Crippen LogP contribution in [0, 0.1) is 0 Å². The van der Waals surface area contributed by atoms with E-state index >= 15 is 0 Å². The Kier molecular flexibility index (Phi) is 4.95. The molecule has 0 heterocycles. The SMILES string of the molecule is CCOc1ccc(C(=O)Nc2ccc([C@@H](C)O)cc2)cc1. The van der Waals surface area contributed by atoms with Gasteiger partial charge in [0.1, 0.15) is 5.75 Å². The Bertz CT molecular complexity index is 588. The number of benzene rings is 2. The summed E-state index contributed by atoms with van der Waals surface area (Å²) >= 11 is 0. The molecule has 0 spiro atoms. The fourth-order valence-electron chi connectivity index (χ4n) is 1.92. The smallest absolute Gasteiger partial charge is 0.255 e. The number of carbonyl (C=O) groups excluding carboxylic acids is 1. The molecule has 0 aliphatic rings. The summed E-state index contributed by atoms with van der Waals surface area (Å²) in [5.74, 6) is 0.568. The molecule has 2 aromatic carbocycles. The average molecular weight is 285 g/mol. The van der Waals surface area contributed by atoms with Crippen molar-refractivity contribution in [3.05, 3.63) is 59.7 Å². The minimum Gasteiger partial charge on any atom is -0.494 e. The maximum atomic E-state index is 12.1. The van der Waals surface area contributed by atoms with Gasteiger partial charge in [0, 0.05) is 11.3 Å². The molecule has 2 aromatic rings. The van der Waals surface area contributed by atoms with Crippen molar-refractivity contribution in [1.29, 1.82) is 0 Å². The Balaban J connectivity index is 2.03. The largest absolute Gasteiger partial charge is 0.494 e. The molecule has 2 rings (SSSR count). The Labute approximate surface area is 124 Å². The lowest BCUT2D eigenvalue weighted by Crippen LogP contribution is -2.11. The monoisotopic (exact) mass is 285 g/mol. The average Bonchev–Trinajstić information content (AvgIpc) is 2.49. The van der Waals surface area contributed by atoms with Crippen LogP contribution in [0.25, 0.3) is 0 Å². The van der Waals surface area contributed by atoms with Crippen LogP contribution in [0.3, 0.4) is 0 Å². The molecule has 0 saturated carbocycles. The molecule has 0 unspecified atom stereocenters. The molecule has 0 fully saturated rings. The van der Waals surface area contributed by atoms with Crippen molar-refractivity contribution in [1.82, 2.24) is 0 Å². The summed E-state index contributed by atoms with van der Waals surface area (Å²) in [6, 6.07) is 14.1. The van der Waals surface area contributed by atoms with Gasteiger partial charge in [-0.1, -0.05) is 12.1 Å². The highest BCUT2D eigenvalue weighted by Gasteiger charge is 2.07. The highest BCUT2D eigenvalue weighted by atomic mass is 16.5. The van der Waals surface area contributed by atoms with Crippen LogP contribution in [0.5, 0.6) is 5.75 Å². The summed E-state index contributed by atoms with van der Waals surface area (Å²) in [6.07, 6.45) is -0.513. The zero-order valence-corrected chi connectivity index (χ0v) is 12.2. The zero-order chi connectivity index (χ0) is 15.2. The Hall–Kier alpha value is -2.33. The topological polar surface area (TPSA) is 58.6 Å². The predicted octanol–water partition coefficient (Wildman–Crippen LogP) is 3.39. The number of rotatable bonds is 5. The van der Waals surface area contributed by atoms with Gasteiger partial charge < -0.3 is 15.2 Å². The molecule has 0 aliphatic heterocycles. The van der Waals surface area contributed by atoms with E-state index in [4.69, 9.17) is 4.74 Å². The van der Waals surface area contributed by atoms with Crippen molar-refractivity contribution in [2.75, 3.05) is 11.9 Å². The van der Waals surface area contributed by atoms with Gasteiger partial charge >= 0.3 is 0 Å².